The van der Waals surface area contributed by atoms with E-state index in [1.807, 2.05) is 18.2 Å². The molecule has 5 nitrogen and oxygen atoms in total. The molecule has 1 aromatic rings. The molecule has 1 saturated carbocycles. The summed E-state index contributed by atoms with van der Waals surface area (Å²) in [5, 5.41) is 0. The van der Waals surface area contributed by atoms with Crippen LogP contribution in [0, 0.1) is 0 Å². The van der Waals surface area contributed by atoms with Crippen molar-refractivity contribution in [2.75, 3.05) is 13.8 Å². The predicted octanol–water partition coefficient (Wildman–Crippen LogP) is 0.697. The van der Waals surface area contributed by atoms with E-state index in [4.69, 9.17) is 9.47 Å². The maximum Gasteiger partial charge on any atom is 0.244 e. The molecule has 0 spiro atoms. The van der Waals surface area contributed by atoms with Crippen molar-refractivity contribution < 1.29 is 14.3 Å². The highest BCUT2D eigenvalue weighted by Gasteiger charge is 2.51. The summed E-state index contributed by atoms with van der Waals surface area (Å²) in [6.45, 7) is 0.258. The number of benzene rings is 1. The fourth-order valence-electron chi connectivity index (χ4n) is 2.20. The maximum atomic E-state index is 12.0. The van der Waals surface area contributed by atoms with E-state index >= 15 is 0 Å². The minimum Gasteiger partial charge on any atom is -0.454 e. The van der Waals surface area contributed by atoms with E-state index in [0.717, 1.165) is 29.9 Å². The van der Waals surface area contributed by atoms with Crippen LogP contribution in [0.3, 0.4) is 0 Å². The number of amides is 1. The number of carbonyl (C=O) groups excluding carboxylic acids is 1. The van der Waals surface area contributed by atoms with Crippen LogP contribution in [0.25, 0.3) is 0 Å². The molecule has 17 heavy (non-hydrogen) atoms. The van der Waals surface area contributed by atoms with Gasteiger partial charge in [-0.3, -0.25) is 10.2 Å². The van der Waals surface area contributed by atoms with Crippen LogP contribution < -0.4 is 20.3 Å². The summed E-state index contributed by atoms with van der Waals surface area (Å²) in [6, 6.07) is 5.71. The molecule has 1 amide bonds. The number of rotatable bonds is 3. The van der Waals surface area contributed by atoms with Crippen molar-refractivity contribution in [2.45, 2.75) is 18.3 Å². The Morgan fingerprint density at radius 2 is 2.06 bits per heavy atom. The molecule has 90 valence electrons. The first kappa shape index (κ1) is 10.4. The summed E-state index contributed by atoms with van der Waals surface area (Å²) < 4.78 is 10.6. The van der Waals surface area contributed by atoms with Crippen molar-refractivity contribution in [3.05, 3.63) is 23.8 Å². The molecule has 2 N–H and O–H groups in total. The van der Waals surface area contributed by atoms with Crippen LogP contribution in [0.2, 0.25) is 0 Å². The Morgan fingerprint density at radius 3 is 2.76 bits per heavy atom. The lowest BCUT2D eigenvalue weighted by Gasteiger charge is -2.15. The molecular weight excluding hydrogens is 220 g/mol. The third-order valence-electron chi connectivity index (χ3n) is 3.35. The van der Waals surface area contributed by atoms with Crippen LogP contribution in [0.15, 0.2) is 18.2 Å². The molecule has 1 heterocycles. The Hall–Kier alpha value is -1.75. The minimum absolute atomic E-state index is 0.0128. The molecule has 1 aliphatic heterocycles. The predicted molar refractivity (Wildman–Crippen MR) is 60.7 cm³/mol. The molecule has 0 atom stereocenters. The average Bonchev–Trinajstić information content (AvgIpc) is 3.02. The number of nitrogens with one attached hydrogen (secondary N) is 2. The number of fused-ring (bicyclic) bond motifs is 1. The van der Waals surface area contributed by atoms with E-state index in [2.05, 4.69) is 10.9 Å². The second kappa shape index (κ2) is 3.63. The largest absolute Gasteiger partial charge is 0.454 e. The van der Waals surface area contributed by atoms with Crippen molar-refractivity contribution in [3.63, 3.8) is 0 Å². The van der Waals surface area contributed by atoms with E-state index in [0.29, 0.717) is 0 Å². The van der Waals surface area contributed by atoms with E-state index in [1.54, 1.807) is 7.05 Å². The van der Waals surface area contributed by atoms with Crippen LogP contribution in [0.5, 0.6) is 11.5 Å². The molecule has 3 rings (SSSR count). The molecule has 0 unspecified atom stereocenters. The van der Waals surface area contributed by atoms with E-state index in [1.165, 1.54) is 0 Å². The van der Waals surface area contributed by atoms with Gasteiger partial charge in [-0.1, -0.05) is 6.07 Å². The zero-order chi connectivity index (χ0) is 11.9. The van der Waals surface area contributed by atoms with Gasteiger partial charge in [-0.25, -0.2) is 5.43 Å². The van der Waals surface area contributed by atoms with E-state index in [-0.39, 0.29) is 18.1 Å². The number of hydrazine groups is 1. The van der Waals surface area contributed by atoms with Gasteiger partial charge in [0.05, 0.1) is 5.41 Å². The van der Waals surface area contributed by atoms with Crippen molar-refractivity contribution >= 4 is 5.91 Å². The van der Waals surface area contributed by atoms with E-state index in [9.17, 15) is 4.79 Å². The number of ether oxygens (including phenoxy) is 2. The summed E-state index contributed by atoms with van der Waals surface area (Å²) in [5.74, 6) is 1.49. The van der Waals surface area contributed by atoms with Crippen molar-refractivity contribution in [2.24, 2.45) is 0 Å². The molecule has 0 saturated heterocycles. The topological polar surface area (TPSA) is 59.6 Å². The SMILES string of the molecule is CNNC(=O)C1(c2ccc3c(c2)OCO3)CC1. The Kier molecular flexibility index (Phi) is 2.22. The molecular formula is C12H14N2O3. The fourth-order valence-corrected chi connectivity index (χ4v) is 2.20. The molecule has 2 aliphatic rings. The zero-order valence-corrected chi connectivity index (χ0v) is 9.58. The molecule has 0 aromatic heterocycles. The molecule has 0 bridgehead atoms. The zero-order valence-electron chi connectivity index (χ0n) is 9.58. The van der Waals surface area contributed by atoms with Gasteiger partial charge in [-0.2, -0.15) is 0 Å². The first-order valence-corrected chi connectivity index (χ1v) is 5.63. The van der Waals surface area contributed by atoms with Gasteiger partial charge in [-0.15, -0.1) is 0 Å². The van der Waals surface area contributed by atoms with Gasteiger partial charge in [-0.05, 0) is 30.5 Å². The second-order valence-corrected chi connectivity index (χ2v) is 4.35. The minimum atomic E-state index is -0.385. The summed E-state index contributed by atoms with van der Waals surface area (Å²) in [6.07, 6.45) is 1.75. The van der Waals surface area contributed by atoms with Gasteiger partial charge < -0.3 is 9.47 Å². The maximum absolute atomic E-state index is 12.0. The highest BCUT2D eigenvalue weighted by Crippen LogP contribution is 2.50. The highest BCUT2D eigenvalue weighted by molar-refractivity contribution is 5.91. The first-order chi connectivity index (χ1) is 8.26. The average molecular weight is 234 g/mol. The van der Waals surface area contributed by atoms with Gasteiger partial charge in [0.1, 0.15) is 0 Å². The quantitative estimate of drug-likeness (QED) is 0.756. The van der Waals surface area contributed by atoms with Gasteiger partial charge in [0.15, 0.2) is 11.5 Å². The number of carbonyl (C=O) groups is 1. The third kappa shape index (κ3) is 1.54. The Labute approximate surface area is 99.1 Å². The van der Waals surface area contributed by atoms with Crippen LogP contribution >= 0.6 is 0 Å². The molecule has 5 heteroatoms. The van der Waals surface area contributed by atoms with Gasteiger partial charge in [0.25, 0.3) is 0 Å². The van der Waals surface area contributed by atoms with Crippen molar-refractivity contribution in [1.29, 1.82) is 0 Å². The summed E-state index contributed by atoms with van der Waals surface area (Å²) >= 11 is 0. The molecule has 0 radical (unpaired) electrons. The molecule has 1 aromatic carbocycles. The Morgan fingerprint density at radius 1 is 1.29 bits per heavy atom. The normalized spacial score (nSPS) is 18.9. The van der Waals surface area contributed by atoms with Crippen molar-refractivity contribution in [3.8, 4) is 11.5 Å². The summed E-state index contributed by atoms with van der Waals surface area (Å²) in [7, 11) is 1.69. The number of hydrogen-bond acceptors (Lipinski definition) is 4. The molecule has 1 aliphatic carbocycles. The smallest absolute Gasteiger partial charge is 0.244 e. The lowest BCUT2D eigenvalue weighted by molar-refractivity contribution is -0.124. The lowest BCUT2D eigenvalue weighted by atomic mass is 9.95. The highest BCUT2D eigenvalue weighted by atomic mass is 16.7. The van der Waals surface area contributed by atoms with Crippen LogP contribution in [0.1, 0.15) is 18.4 Å². The van der Waals surface area contributed by atoms with Crippen molar-refractivity contribution in [1.82, 2.24) is 10.9 Å². The van der Waals surface area contributed by atoms with Crippen LogP contribution in [-0.4, -0.2) is 19.7 Å². The summed E-state index contributed by atoms with van der Waals surface area (Å²) in [4.78, 5) is 12.0. The lowest BCUT2D eigenvalue weighted by Crippen LogP contribution is -2.41. The third-order valence-corrected chi connectivity index (χ3v) is 3.35. The monoisotopic (exact) mass is 234 g/mol. The van der Waals surface area contributed by atoms with Gasteiger partial charge in [0, 0.05) is 7.05 Å². The fraction of sp³-hybridized carbons (Fsp3) is 0.417. The van der Waals surface area contributed by atoms with Crippen LogP contribution in [0.4, 0.5) is 0 Å². The van der Waals surface area contributed by atoms with Gasteiger partial charge >= 0.3 is 0 Å². The van der Waals surface area contributed by atoms with E-state index < -0.39 is 0 Å². The van der Waals surface area contributed by atoms with Crippen LogP contribution in [-0.2, 0) is 10.2 Å². The summed E-state index contributed by atoms with van der Waals surface area (Å²) in [5.41, 5.74) is 5.94. The number of hydrogen-bond donors (Lipinski definition) is 2. The first-order valence-electron chi connectivity index (χ1n) is 5.63. The Balaban J connectivity index is 1.91. The Bertz CT molecular complexity index is 469. The molecule has 1 fully saturated rings. The standard InChI is InChI=1S/C12H14N2O3/c1-13-14-11(15)12(4-5-12)8-2-3-9-10(6-8)17-7-16-9/h2-3,6,13H,4-5,7H2,1H3,(H,14,15). The van der Waals surface area contributed by atoms with Gasteiger partial charge in [0.2, 0.25) is 12.7 Å². The second-order valence-electron chi connectivity index (χ2n) is 4.35.